The van der Waals surface area contributed by atoms with Gasteiger partial charge in [-0.15, -0.1) is 0 Å². The molecule has 6 aliphatic rings. The van der Waals surface area contributed by atoms with Gasteiger partial charge in [-0.3, -0.25) is 9.48 Å². The molecular weight excluding hydrogens is 434 g/mol. The molecule has 0 aromatic carbocycles. The predicted molar refractivity (Wildman–Crippen MR) is 132 cm³/mol. The van der Waals surface area contributed by atoms with E-state index in [1.54, 1.807) is 6.20 Å². The molecule has 0 aliphatic heterocycles. The normalized spacial score (nSPS) is 49.9. The molecule has 1 aromatic rings. The summed E-state index contributed by atoms with van der Waals surface area (Å²) in [6, 6.07) is 2.31. The Labute approximate surface area is 209 Å². The third-order valence-corrected chi connectivity index (χ3v) is 12.2. The second kappa shape index (κ2) is 7.44. The van der Waals surface area contributed by atoms with Crippen molar-refractivity contribution in [3.05, 3.63) is 17.5 Å². The van der Waals surface area contributed by atoms with Crippen LogP contribution in [0.3, 0.4) is 0 Å². The lowest BCUT2D eigenvalue weighted by molar-refractivity contribution is -0.137. The Hall–Kier alpha value is -1.67. The van der Waals surface area contributed by atoms with Crippen molar-refractivity contribution in [2.45, 2.75) is 96.6 Å². The molecule has 0 radical (unpaired) electrons. The monoisotopic (exact) mass is 475 g/mol. The first-order valence-corrected chi connectivity index (χ1v) is 14.4. The van der Waals surface area contributed by atoms with Crippen LogP contribution in [0.15, 0.2) is 6.20 Å². The van der Waals surface area contributed by atoms with E-state index in [1.807, 2.05) is 11.6 Å². The smallest absolute Gasteiger partial charge is 0.158 e. The summed E-state index contributed by atoms with van der Waals surface area (Å²) < 4.78 is 1.89. The van der Waals surface area contributed by atoms with Crippen molar-refractivity contribution in [2.24, 2.45) is 58.7 Å². The van der Waals surface area contributed by atoms with E-state index in [-0.39, 0.29) is 11.3 Å². The number of Topliss-reactive ketones (excluding diaryl/α,β-unsaturated/α-hetero) is 1. The standard InChI is InChI=1S/C30H41N3O2/c1-16-24-25(16)27(23(34)15-33-28(17-4-5-17)19(13-31)14-32-33)30(3)11-9-21-20-8-10-29(2,35)12-18(20)6-7-22(21)26(24)30/h14,16-18,20-22,24-27,35H,4-12,15H2,1-3H3/t16-,18+,20-,21+,22+,24+,25-,26?,27-,29+,30-/m0/s1. The van der Waals surface area contributed by atoms with Crippen LogP contribution in [0.1, 0.15) is 95.7 Å². The quantitative estimate of drug-likeness (QED) is 0.639. The predicted octanol–water partition coefficient (Wildman–Crippen LogP) is 5.32. The summed E-state index contributed by atoms with van der Waals surface area (Å²) in [6.45, 7) is 7.27. The van der Waals surface area contributed by atoms with Crippen molar-refractivity contribution >= 4 is 5.78 Å². The van der Waals surface area contributed by atoms with Gasteiger partial charge in [0.2, 0.25) is 0 Å². The first kappa shape index (κ1) is 22.5. The number of hydrogen-bond acceptors (Lipinski definition) is 4. The molecule has 0 spiro atoms. The van der Waals surface area contributed by atoms with Crippen LogP contribution in [0.2, 0.25) is 0 Å². The van der Waals surface area contributed by atoms with Gasteiger partial charge in [-0.25, -0.2) is 0 Å². The number of hydrogen-bond donors (Lipinski definition) is 1. The topological polar surface area (TPSA) is 78.9 Å². The highest BCUT2D eigenvalue weighted by Gasteiger charge is 2.74. The van der Waals surface area contributed by atoms with E-state index in [1.165, 1.54) is 32.1 Å². The van der Waals surface area contributed by atoms with Gasteiger partial charge in [-0.05, 0) is 117 Å². The van der Waals surface area contributed by atoms with Gasteiger partial charge in [-0.2, -0.15) is 10.4 Å². The maximum absolute atomic E-state index is 14.0. The highest BCUT2D eigenvalue weighted by molar-refractivity contribution is 5.83. The van der Waals surface area contributed by atoms with E-state index < -0.39 is 5.60 Å². The third-order valence-electron chi connectivity index (χ3n) is 12.2. The summed E-state index contributed by atoms with van der Waals surface area (Å²) in [5.41, 5.74) is 1.33. The van der Waals surface area contributed by atoms with Crippen molar-refractivity contribution in [1.29, 1.82) is 5.26 Å². The molecule has 1 N–H and O–H groups in total. The molecule has 1 unspecified atom stereocenters. The SMILES string of the molecule is C[C@H]1[C@H]2C3[C@@H]4CC[C@@H]5C[C@](C)(O)CC[C@@H]5[C@H]4CC[C@]3(C)[C@@H](C(=O)Cn3ncc(C#N)c3C3CC3)[C@@H]12. The maximum Gasteiger partial charge on any atom is 0.158 e. The van der Waals surface area contributed by atoms with Crippen molar-refractivity contribution in [3.8, 4) is 6.07 Å². The number of nitrogens with zero attached hydrogens (tertiary/aromatic N) is 3. The van der Waals surface area contributed by atoms with Crippen LogP contribution < -0.4 is 0 Å². The maximum atomic E-state index is 14.0. The molecule has 0 amide bonds. The molecular formula is C30H41N3O2. The Morgan fingerprint density at radius 2 is 1.89 bits per heavy atom. The molecule has 5 heteroatoms. The van der Waals surface area contributed by atoms with Crippen molar-refractivity contribution in [2.75, 3.05) is 0 Å². The van der Waals surface area contributed by atoms with Gasteiger partial charge in [0.15, 0.2) is 5.78 Å². The largest absolute Gasteiger partial charge is 0.390 e. The number of aliphatic hydroxyl groups is 1. The molecule has 0 bridgehead atoms. The first-order valence-electron chi connectivity index (χ1n) is 14.4. The molecule has 5 nitrogen and oxygen atoms in total. The fourth-order valence-electron chi connectivity index (χ4n) is 10.7. The summed E-state index contributed by atoms with van der Waals surface area (Å²) >= 11 is 0. The van der Waals surface area contributed by atoms with E-state index in [0.717, 1.165) is 55.0 Å². The van der Waals surface area contributed by atoms with E-state index in [4.69, 9.17) is 0 Å². The van der Waals surface area contributed by atoms with Gasteiger partial charge in [-0.1, -0.05) is 13.8 Å². The second-order valence-corrected chi connectivity index (χ2v) is 14.1. The van der Waals surface area contributed by atoms with Crippen LogP contribution in [0, 0.1) is 70.0 Å². The molecule has 1 heterocycles. The van der Waals surface area contributed by atoms with Gasteiger partial charge in [0, 0.05) is 11.8 Å². The average Bonchev–Trinajstić information content (AvgIpc) is 3.69. The van der Waals surface area contributed by atoms with Crippen LogP contribution in [-0.4, -0.2) is 26.3 Å². The zero-order valence-corrected chi connectivity index (χ0v) is 21.6. The summed E-state index contributed by atoms with van der Waals surface area (Å²) in [5, 5.41) is 24.8. The zero-order valence-electron chi connectivity index (χ0n) is 21.6. The Balaban J connectivity index is 1.15. The van der Waals surface area contributed by atoms with E-state index >= 15 is 0 Å². The lowest BCUT2D eigenvalue weighted by Crippen LogP contribution is -2.52. The average molecular weight is 476 g/mol. The van der Waals surface area contributed by atoms with Gasteiger partial charge in [0.1, 0.15) is 12.6 Å². The highest BCUT2D eigenvalue weighted by Crippen LogP contribution is 2.77. The molecule has 6 saturated carbocycles. The fourth-order valence-corrected chi connectivity index (χ4v) is 10.7. The molecule has 35 heavy (non-hydrogen) atoms. The summed E-state index contributed by atoms with van der Waals surface area (Å²) in [7, 11) is 0. The minimum atomic E-state index is -0.463. The second-order valence-electron chi connectivity index (χ2n) is 14.1. The Morgan fingerprint density at radius 1 is 1.11 bits per heavy atom. The van der Waals surface area contributed by atoms with E-state index in [9.17, 15) is 15.2 Å². The van der Waals surface area contributed by atoms with Crippen LogP contribution in [0.25, 0.3) is 0 Å². The summed E-state index contributed by atoms with van der Waals surface area (Å²) in [5.74, 6) is 6.64. The molecule has 0 saturated heterocycles. The molecule has 188 valence electrons. The molecule has 7 rings (SSSR count). The number of carbonyl (C=O) groups is 1. The van der Waals surface area contributed by atoms with Crippen LogP contribution >= 0.6 is 0 Å². The molecule has 11 atom stereocenters. The van der Waals surface area contributed by atoms with Gasteiger partial charge in [0.05, 0.1) is 23.1 Å². The lowest BCUT2D eigenvalue weighted by Gasteiger charge is -2.58. The zero-order chi connectivity index (χ0) is 24.3. The van der Waals surface area contributed by atoms with E-state index in [2.05, 4.69) is 25.0 Å². The fraction of sp³-hybridized carbons (Fsp3) is 0.833. The third kappa shape index (κ3) is 3.20. The number of rotatable bonds is 4. The first-order chi connectivity index (χ1) is 16.7. The van der Waals surface area contributed by atoms with Gasteiger partial charge < -0.3 is 5.11 Å². The van der Waals surface area contributed by atoms with Gasteiger partial charge in [0.25, 0.3) is 0 Å². The number of carbonyl (C=O) groups excluding carboxylic acids is 1. The number of fused-ring (bicyclic) bond motifs is 7. The number of nitriles is 1. The van der Waals surface area contributed by atoms with Crippen molar-refractivity contribution in [3.63, 3.8) is 0 Å². The number of ketones is 1. The van der Waals surface area contributed by atoms with E-state index in [0.29, 0.717) is 47.5 Å². The highest BCUT2D eigenvalue weighted by atomic mass is 16.3. The van der Waals surface area contributed by atoms with Gasteiger partial charge >= 0.3 is 0 Å². The summed E-state index contributed by atoms with van der Waals surface area (Å²) in [6.07, 6.45) is 12.1. The Bertz CT molecular complexity index is 1100. The van der Waals surface area contributed by atoms with Crippen molar-refractivity contribution < 1.29 is 9.90 Å². The van der Waals surface area contributed by atoms with Crippen LogP contribution in [0.4, 0.5) is 0 Å². The Kier molecular flexibility index (Phi) is 4.78. The van der Waals surface area contributed by atoms with Crippen LogP contribution in [-0.2, 0) is 11.3 Å². The van der Waals surface area contributed by atoms with Crippen LogP contribution in [0.5, 0.6) is 0 Å². The minimum Gasteiger partial charge on any atom is -0.390 e. The van der Waals surface area contributed by atoms with Crippen molar-refractivity contribution in [1.82, 2.24) is 9.78 Å². The lowest BCUT2D eigenvalue weighted by atomic mass is 9.47. The molecule has 1 aromatic heterocycles. The molecule has 6 fully saturated rings. The summed E-state index contributed by atoms with van der Waals surface area (Å²) in [4.78, 5) is 14.0. The minimum absolute atomic E-state index is 0.123. The number of aromatic nitrogens is 2. The molecule has 6 aliphatic carbocycles. The Morgan fingerprint density at radius 3 is 2.63 bits per heavy atom.